The highest BCUT2D eigenvalue weighted by molar-refractivity contribution is 9.10. The number of sulfonamides is 1. The maximum atomic E-state index is 12.3. The number of carboxylic acids is 1. The van der Waals surface area contributed by atoms with E-state index in [1.807, 2.05) is 0 Å². The van der Waals surface area contributed by atoms with E-state index in [4.69, 9.17) is 23.1 Å². The van der Waals surface area contributed by atoms with Crippen molar-refractivity contribution in [2.45, 2.75) is 4.90 Å². The minimum absolute atomic E-state index is 0.0122. The lowest BCUT2D eigenvalue weighted by molar-refractivity contribution is -0.137. The van der Waals surface area contributed by atoms with Gasteiger partial charge in [-0.05, 0) is 18.2 Å². The quantitative estimate of drug-likeness (QED) is 0.807. The van der Waals surface area contributed by atoms with Gasteiger partial charge in [0.2, 0.25) is 10.0 Å². The van der Waals surface area contributed by atoms with Crippen LogP contribution in [0.15, 0.2) is 27.6 Å². The molecule has 8 heteroatoms. The van der Waals surface area contributed by atoms with Gasteiger partial charge < -0.3 is 5.11 Å². The summed E-state index contributed by atoms with van der Waals surface area (Å²) in [7, 11) is -4.05. The molecule has 0 spiro atoms. The molecule has 0 radical (unpaired) electrons. The molecular weight excluding hydrogens is 358 g/mol. The Morgan fingerprint density at radius 2 is 2.16 bits per heavy atom. The molecule has 1 N–H and O–H groups in total. The Kier molecular flexibility index (Phi) is 5.38. The summed E-state index contributed by atoms with van der Waals surface area (Å²) in [6, 6.07) is 4.18. The van der Waals surface area contributed by atoms with Crippen LogP contribution in [0.4, 0.5) is 0 Å². The lowest BCUT2D eigenvalue weighted by Crippen LogP contribution is -2.36. The van der Waals surface area contributed by atoms with Crippen LogP contribution in [-0.2, 0) is 14.8 Å². The molecule has 19 heavy (non-hydrogen) atoms. The number of halogens is 2. The van der Waals surface area contributed by atoms with E-state index in [2.05, 4.69) is 21.9 Å². The monoisotopic (exact) mass is 365 g/mol. The zero-order chi connectivity index (χ0) is 14.6. The molecule has 0 aliphatic carbocycles. The number of aliphatic carboxylic acids is 1. The van der Waals surface area contributed by atoms with Crippen LogP contribution >= 0.6 is 27.5 Å². The van der Waals surface area contributed by atoms with Gasteiger partial charge in [0.1, 0.15) is 11.4 Å². The van der Waals surface area contributed by atoms with Crippen molar-refractivity contribution >= 4 is 43.5 Å². The standard InChI is InChI=1S/C11H9BrClNO4S/c1-2-5-14(7-11(15)16)19(17,18)10-4-3-8(12)6-9(10)13/h1,3-4,6H,5,7H2,(H,15,16). The largest absolute Gasteiger partial charge is 0.480 e. The van der Waals surface area contributed by atoms with Gasteiger partial charge in [-0.1, -0.05) is 33.5 Å². The molecule has 0 saturated carbocycles. The van der Waals surface area contributed by atoms with Crippen LogP contribution in [-0.4, -0.2) is 36.9 Å². The third kappa shape index (κ3) is 3.94. The number of carboxylic acid groups (broad SMARTS) is 1. The van der Waals surface area contributed by atoms with E-state index in [9.17, 15) is 13.2 Å². The van der Waals surface area contributed by atoms with Gasteiger partial charge in [0.25, 0.3) is 0 Å². The third-order valence-corrected chi connectivity index (χ3v) is 4.86. The maximum Gasteiger partial charge on any atom is 0.318 e. The highest BCUT2D eigenvalue weighted by Gasteiger charge is 2.27. The number of terminal acetylenes is 1. The van der Waals surface area contributed by atoms with E-state index in [1.54, 1.807) is 0 Å². The summed E-state index contributed by atoms with van der Waals surface area (Å²) < 4.78 is 25.8. The van der Waals surface area contributed by atoms with Crippen LogP contribution in [0, 0.1) is 12.3 Å². The molecule has 0 aliphatic rings. The molecule has 0 aromatic heterocycles. The van der Waals surface area contributed by atoms with Crippen molar-refractivity contribution < 1.29 is 18.3 Å². The predicted octanol–water partition coefficient (Wildman–Crippen LogP) is 1.81. The first-order chi connectivity index (χ1) is 8.78. The number of benzene rings is 1. The van der Waals surface area contributed by atoms with E-state index < -0.39 is 22.5 Å². The fourth-order valence-corrected chi connectivity index (χ4v) is 3.62. The molecule has 0 heterocycles. The van der Waals surface area contributed by atoms with Crippen molar-refractivity contribution in [1.82, 2.24) is 4.31 Å². The first kappa shape index (κ1) is 16.0. The Morgan fingerprint density at radius 3 is 2.63 bits per heavy atom. The number of carbonyl (C=O) groups is 1. The summed E-state index contributed by atoms with van der Waals surface area (Å²) in [6.07, 6.45) is 5.05. The number of rotatable bonds is 5. The van der Waals surface area contributed by atoms with Crippen molar-refractivity contribution in [2.75, 3.05) is 13.1 Å². The maximum absolute atomic E-state index is 12.3. The van der Waals surface area contributed by atoms with Gasteiger partial charge in [-0.3, -0.25) is 4.79 Å². The third-order valence-electron chi connectivity index (χ3n) is 2.09. The lowest BCUT2D eigenvalue weighted by atomic mass is 10.4. The van der Waals surface area contributed by atoms with Crippen molar-refractivity contribution in [2.24, 2.45) is 0 Å². The molecular formula is C11H9BrClNO4S. The molecule has 0 fully saturated rings. The zero-order valence-electron chi connectivity index (χ0n) is 9.51. The minimum Gasteiger partial charge on any atom is -0.480 e. The van der Waals surface area contributed by atoms with Crippen molar-refractivity contribution in [3.8, 4) is 12.3 Å². The van der Waals surface area contributed by atoms with Gasteiger partial charge in [0, 0.05) is 4.47 Å². The van der Waals surface area contributed by atoms with Crippen molar-refractivity contribution in [3.63, 3.8) is 0 Å². The van der Waals surface area contributed by atoms with Gasteiger partial charge in [0.05, 0.1) is 11.6 Å². The highest BCUT2D eigenvalue weighted by Crippen LogP contribution is 2.27. The fourth-order valence-electron chi connectivity index (χ4n) is 1.30. The Labute approximate surface area is 124 Å². The Balaban J connectivity index is 3.27. The molecule has 1 aromatic rings. The molecule has 0 saturated heterocycles. The van der Waals surface area contributed by atoms with Crippen LogP contribution < -0.4 is 0 Å². The van der Waals surface area contributed by atoms with Crippen LogP contribution in [0.3, 0.4) is 0 Å². The van der Waals surface area contributed by atoms with Crippen LogP contribution in [0.2, 0.25) is 5.02 Å². The summed E-state index contributed by atoms with van der Waals surface area (Å²) in [5, 5.41) is 8.71. The summed E-state index contributed by atoms with van der Waals surface area (Å²) >= 11 is 9.01. The predicted molar refractivity (Wildman–Crippen MR) is 74.4 cm³/mol. The van der Waals surface area contributed by atoms with Gasteiger partial charge in [-0.15, -0.1) is 6.42 Å². The second-order valence-corrected chi connectivity index (χ2v) is 6.67. The summed E-state index contributed by atoms with van der Waals surface area (Å²) in [6.45, 7) is -1.07. The minimum atomic E-state index is -4.05. The smallest absolute Gasteiger partial charge is 0.318 e. The summed E-state index contributed by atoms with van der Waals surface area (Å²) in [4.78, 5) is 10.5. The van der Waals surface area contributed by atoms with Crippen LogP contribution in [0.25, 0.3) is 0 Å². The van der Waals surface area contributed by atoms with Gasteiger partial charge in [0.15, 0.2) is 0 Å². The molecule has 0 atom stereocenters. The first-order valence-electron chi connectivity index (χ1n) is 4.89. The Morgan fingerprint density at radius 1 is 1.53 bits per heavy atom. The van der Waals surface area contributed by atoms with Crippen molar-refractivity contribution in [3.05, 3.63) is 27.7 Å². The van der Waals surface area contributed by atoms with Gasteiger partial charge in [-0.2, -0.15) is 4.31 Å². The Hall–Kier alpha value is -1.07. The van der Waals surface area contributed by atoms with E-state index in [0.29, 0.717) is 8.78 Å². The van der Waals surface area contributed by atoms with Crippen LogP contribution in [0.1, 0.15) is 0 Å². The SMILES string of the molecule is C#CCN(CC(=O)O)S(=O)(=O)c1ccc(Br)cc1Cl. The summed E-state index contributed by atoms with van der Waals surface area (Å²) in [5.74, 6) is 0.812. The van der Waals surface area contributed by atoms with Gasteiger partial charge in [-0.25, -0.2) is 8.42 Å². The normalized spacial score (nSPS) is 11.3. The van der Waals surface area contributed by atoms with Gasteiger partial charge >= 0.3 is 5.97 Å². The van der Waals surface area contributed by atoms with E-state index >= 15 is 0 Å². The molecule has 0 amide bonds. The molecule has 0 aliphatic heterocycles. The average molecular weight is 367 g/mol. The highest BCUT2D eigenvalue weighted by atomic mass is 79.9. The van der Waals surface area contributed by atoms with E-state index in [0.717, 1.165) is 0 Å². The lowest BCUT2D eigenvalue weighted by Gasteiger charge is -2.18. The Bertz CT molecular complexity index is 639. The molecule has 1 rings (SSSR count). The molecule has 0 bridgehead atoms. The molecule has 0 unspecified atom stereocenters. The summed E-state index contributed by atoms with van der Waals surface area (Å²) in [5.41, 5.74) is 0. The first-order valence-corrected chi connectivity index (χ1v) is 7.50. The second kappa shape index (κ2) is 6.39. The average Bonchev–Trinajstić information content (AvgIpc) is 2.27. The topological polar surface area (TPSA) is 74.7 Å². The van der Waals surface area contributed by atoms with Crippen LogP contribution in [0.5, 0.6) is 0 Å². The molecule has 102 valence electrons. The zero-order valence-corrected chi connectivity index (χ0v) is 12.7. The number of hydrogen-bond donors (Lipinski definition) is 1. The molecule has 5 nitrogen and oxygen atoms in total. The number of hydrogen-bond acceptors (Lipinski definition) is 3. The second-order valence-electron chi connectivity index (χ2n) is 3.45. The van der Waals surface area contributed by atoms with Crippen molar-refractivity contribution in [1.29, 1.82) is 0 Å². The van der Waals surface area contributed by atoms with E-state index in [-0.39, 0.29) is 16.5 Å². The van der Waals surface area contributed by atoms with E-state index in [1.165, 1.54) is 18.2 Å². The number of nitrogens with zero attached hydrogens (tertiary/aromatic N) is 1. The molecule has 1 aromatic carbocycles. The fraction of sp³-hybridized carbons (Fsp3) is 0.182.